The lowest BCUT2D eigenvalue weighted by Crippen LogP contribution is -2.33. The number of piperidine rings is 1. The molecule has 1 fully saturated rings. The van der Waals surface area contributed by atoms with Crippen LogP contribution in [0.1, 0.15) is 36.0 Å². The highest BCUT2D eigenvalue weighted by Crippen LogP contribution is 2.38. The van der Waals surface area contributed by atoms with Crippen LogP contribution in [0, 0.1) is 5.92 Å². The van der Waals surface area contributed by atoms with Gasteiger partial charge >= 0.3 is 0 Å². The highest BCUT2D eigenvalue weighted by Gasteiger charge is 2.23. The van der Waals surface area contributed by atoms with Crippen LogP contribution in [0.5, 0.6) is 11.5 Å². The Labute approximate surface area is 174 Å². The molecule has 0 atom stereocenters. The first kappa shape index (κ1) is 20.8. The van der Waals surface area contributed by atoms with Gasteiger partial charge in [-0.1, -0.05) is 42.0 Å². The maximum absolute atomic E-state index is 5.45. The zero-order chi connectivity index (χ0) is 18.6. The molecule has 1 saturated heterocycles. The molecule has 0 amide bonds. The highest BCUT2D eigenvalue weighted by molar-refractivity contribution is 5.85. The molecule has 28 heavy (non-hydrogen) atoms. The van der Waals surface area contributed by atoms with E-state index in [4.69, 9.17) is 9.47 Å². The molecule has 2 aromatic rings. The van der Waals surface area contributed by atoms with E-state index in [9.17, 15) is 0 Å². The number of methoxy groups -OCH3 is 2. The molecular weight excluding hydrogens is 370 g/mol. The second-order valence-corrected chi connectivity index (χ2v) is 7.79. The van der Waals surface area contributed by atoms with Crippen molar-refractivity contribution < 1.29 is 9.47 Å². The third-order valence-corrected chi connectivity index (χ3v) is 5.93. The van der Waals surface area contributed by atoms with Crippen molar-refractivity contribution in [3.8, 4) is 11.5 Å². The normalized spacial score (nSPS) is 16.9. The van der Waals surface area contributed by atoms with Crippen LogP contribution in [0.3, 0.4) is 0 Å². The molecule has 0 spiro atoms. The first-order valence-electron chi connectivity index (χ1n) is 9.96. The van der Waals surface area contributed by atoms with Crippen molar-refractivity contribution in [2.24, 2.45) is 5.92 Å². The molecule has 0 radical (unpaired) electrons. The van der Waals surface area contributed by atoms with Gasteiger partial charge < -0.3 is 9.47 Å². The molecule has 0 bridgehead atoms. The summed E-state index contributed by atoms with van der Waals surface area (Å²) in [4.78, 5) is 2.60. The van der Waals surface area contributed by atoms with E-state index in [0.29, 0.717) is 0 Å². The lowest BCUT2D eigenvalue weighted by molar-refractivity contribution is 0.177. The van der Waals surface area contributed by atoms with Crippen LogP contribution < -0.4 is 9.47 Å². The zero-order valence-electron chi connectivity index (χ0n) is 16.8. The van der Waals surface area contributed by atoms with Gasteiger partial charge in [-0.15, -0.1) is 12.4 Å². The average Bonchev–Trinajstić information content (AvgIpc) is 3.10. The van der Waals surface area contributed by atoms with Gasteiger partial charge in [-0.05, 0) is 73.5 Å². The van der Waals surface area contributed by atoms with Crippen molar-refractivity contribution in [3.63, 3.8) is 0 Å². The summed E-state index contributed by atoms with van der Waals surface area (Å²) in [5, 5.41) is 0. The molecule has 1 aliphatic carbocycles. The number of allylic oxidation sites excluding steroid dienone is 1. The van der Waals surface area contributed by atoms with Gasteiger partial charge in [0.2, 0.25) is 0 Å². The van der Waals surface area contributed by atoms with E-state index in [2.05, 4.69) is 53.4 Å². The molecule has 0 saturated carbocycles. The van der Waals surface area contributed by atoms with Gasteiger partial charge in [-0.25, -0.2) is 0 Å². The van der Waals surface area contributed by atoms with Crippen LogP contribution >= 0.6 is 12.4 Å². The molecule has 150 valence electrons. The summed E-state index contributed by atoms with van der Waals surface area (Å²) in [6.07, 6.45) is 7.24. The molecule has 1 aliphatic heterocycles. The molecule has 0 aromatic heterocycles. The minimum absolute atomic E-state index is 0. The number of halogens is 1. The van der Waals surface area contributed by atoms with Crippen LogP contribution in [0.15, 0.2) is 48.0 Å². The van der Waals surface area contributed by atoms with E-state index >= 15 is 0 Å². The minimum atomic E-state index is 0. The maximum Gasteiger partial charge on any atom is 0.161 e. The van der Waals surface area contributed by atoms with E-state index in [1.165, 1.54) is 49.0 Å². The largest absolute Gasteiger partial charge is 0.493 e. The summed E-state index contributed by atoms with van der Waals surface area (Å²) in [6, 6.07) is 15.1. The Kier molecular flexibility index (Phi) is 7.03. The predicted octanol–water partition coefficient (Wildman–Crippen LogP) is 5.37. The lowest BCUT2D eigenvalue weighted by atomic mass is 9.89. The summed E-state index contributed by atoms with van der Waals surface area (Å²) in [5.41, 5.74) is 5.64. The standard InChI is InChI=1S/C24H29NO2.ClH/c1-26-23-15-21-13-20(14-22(21)16-24(23)27-2)12-18-8-10-25(11-9-18)17-19-6-4-3-5-7-19;/h3-7,13,15-16,18H,8-12,14,17H2,1-2H3;1H. The summed E-state index contributed by atoms with van der Waals surface area (Å²) in [5.74, 6) is 2.46. The smallest absolute Gasteiger partial charge is 0.161 e. The van der Waals surface area contributed by atoms with Gasteiger partial charge in [0.1, 0.15) is 0 Å². The van der Waals surface area contributed by atoms with Gasteiger partial charge in [-0.2, -0.15) is 0 Å². The number of ether oxygens (including phenoxy) is 2. The first-order chi connectivity index (χ1) is 13.2. The summed E-state index contributed by atoms with van der Waals surface area (Å²) in [7, 11) is 3.41. The summed E-state index contributed by atoms with van der Waals surface area (Å²) in [6.45, 7) is 3.50. The Morgan fingerprint density at radius 1 is 0.964 bits per heavy atom. The number of nitrogens with zero attached hydrogens (tertiary/aromatic N) is 1. The number of fused-ring (bicyclic) bond motifs is 1. The zero-order valence-corrected chi connectivity index (χ0v) is 17.6. The second-order valence-electron chi connectivity index (χ2n) is 7.79. The van der Waals surface area contributed by atoms with Crippen LogP contribution in [0.4, 0.5) is 0 Å². The number of hydrogen-bond donors (Lipinski definition) is 0. The van der Waals surface area contributed by atoms with E-state index in [1.807, 2.05) is 0 Å². The Morgan fingerprint density at radius 3 is 2.32 bits per heavy atom. The van der Waals surface area contributed by atoms with Crippen molar-refractivity contribution in [1.29, 1.82) is 0 Å². The third kappa shape index (κ3) is 4.71. The maximum atomic E-state index is 5.45. The van der Waals surface area contributed by atoms with Gasteiger partial charge in [-0.3, -0.25) is 4.90 Å². The predicted molar refractivity (Wildman–Crippen MR) is 118 cm³/mol. The third-order valence-electron chi connectivity index (χ3n) is 5.93. The molecule has 3 nitrogen and oxygen atoms in total. The van der Waals surface area contributed by atoms with E-state index < -0.39 is 0 Å². The van der Waals surface area contributed by atoms with Crippen molar-refractivity contribution >= 4 is 18.5 Å². The van der Waals surface area contributed by atoms with Crippen molar-refractivity contribution in [1.82, 2.24) is 4.90 Å². The molecule has 4 heteroatoms. The number of benzene rings is 2. The first-order valence-corrected chi connectivity index (χ1v) is 9.96. The molecule has 2 aliphatic rings. The van der Waals surface area contributed by atoms with Crippen LogP contribution in [-0.4, -0.2) is 32.2 Å². The molecule has 1 heterocycles. The Balaban J connectivity index is 0.00000225. The van der Waals surface area contributed by atoms with Crippen molar-refractivity contribution in [3.05, 3.63) is 64.7 Å². The molecule has 0 N–H and O–H groups in total. The molecular formula is C24H30ClNO2. The molecule has 2 aromatic carbocycles. The molecule has 0 unspecified atom stereocenters. The van der Waals surface area contributed by atoms with E-state index in [0.717, 1.165) is 30.4 Å². The van der Waals surface area contributed by atoms with Crippen LogP contribution in [0.2, 0.25) is 0 Å². The van der Waals surface area contributed by atoms with Gasteiger partial charge in [0.05, 0.1) is 14.2 Å². The van der Waals surface area contributed by atoms with Crippen LogP contribution in [-0.2, 0) is 13.0 Å². The molecule has 4 rings (SSSR count). The van der Waals surface area contributed by atoms with Gasteiger partial charge in [0.15, 0.2) is 11.5 Å². The monoisotopic (exact) mass is 399 g/mol. The number of likely N-dealkylation sites (tertiary alicyclic amines) is 1. The quantitative estimate of drug-likeness (QED) is 0.652. The Hall–Kier alpha value is -1.97. The average molecular weight is 400 g/mol. The lowest BCUT2D eigenvalue weighted by Gasteiger charge is -2.32. The second kappa shape index (κ2) is 9.49. The number of rotatable bonds is 6. The van der Waals surface area contributed by atoms with Crippen molar-refractivity contribution in [2.75, 3.05) is 27.3 Å². The van der Waals surface area contributed by atoms with Gasteiger partial charge in [0, 0.05) is 6.54 Å². The fourth-order valence-electron chi connectivity index (χ4n) is 4.43. The Morgan fingerprint density at radius 2 is 1.64 bits per heavy atom. The summed E-state index contributed by atoms with van der Waals surface area (Å²) >= 11 is 0. The summed E-state index contributed by atoms with van der Waals surface area (Å²) < 4.78 is 10.9. The SMILES string of the molecule is COc1cc2c(cc1OC)CC(CC1CCN(Cc3ccccc3)CC1)=C2.Cl. The fourth-order valence-corrected chi connectivity index (χ4v) is 4.43. The number of hydrogen-bond acceptors (Lipinski definition) is 3. The van der Waals surface area contributed by atoms with E-state index in [1.54, 1.807) is 19.8 Å². The topological polar surface area (TPSA) is 21.7 Å². The highest BCUT2D eigenvalue weighted by atomic mass is 35.5. The van der Waals surface area contributed by atoms with Gasteiger partial charge in [0.25, 0.3) is 0 Å². The van der Waals surface area contributed by atoms with Crippen molar-refractivity contribution in [2.45, 2.75) is 32.2 Å². The van der Waals surface area contributed by atoms with Crippen LogP contribution in [0.25, 0.3) is 6.08 Å². The minimum Gasteiger partial charge on any atom is -0.493 e. The Bertz CT molecular complexity index is 811. The van der Waals surface area contributed by atoms with E-state index in [-0.39, 0.29) is 12.4 Å². The fraction of sp³-hybridized carbons (Fsp3) is 0.417.